The van der Waals surface area contributed by atoms with Crippen molar-refractivity contribution in [3.05, 3.63) is 35.9 Å². The molecule has 0 aliphatic carbocycles. The third kappa shape index (κ3) is 3.20. The van der Waals surface area contributed by atoms with Crippen molar-refractivity contribution in [1.82, 2.24) is 10.2 Å². The van der Waals surface area contributed by atoms with E-state index in [-0.39, 0.29) is 5.92 Å². The van der Waals surface area contributed by atoms with E-state index in [2.05, 4.69) is 5.32 Å². The molecule has 1 heterocycles. The Bertz CT molecular complexity index is 520. The Morgan fingerprint density at radius 2 is 1.81 bits per heavy atom. The van der Waals surface area contributed by atoms with Crippen LogP contribution in [0, 0.1) is 5.92 Å². The summed E-state index contributed by atoms with van der Waals surface area (Å²) in [7, 11) is 0. The zero-order chi connectivity index (χ0) is 15.6. The molecule has 0 spiro atoms. The van der Waals surface area contributed by atoms with Gasteiger partial charge in [-0.3, -0.25) is 9.59 Å². The fraction of sp³-hybridized carbons (Fsp3) is 0.467. The van der Waals surface area contributed by atoms with Crippen LogP contribution in [0.3, 0.4) is 0 Å². The minimum atomic E-state index is -2.68. The first kappa shape index (κ1) is 15.4. The lowest BCUT2D eigenvalue weighted by Crippen LogP contribution is -2.61. The number of benzene rings is 1. The minimum absolute atomic E-state index is 0.154. The molecule has 2 amide bonds. The van der Waals surface area contributed by atoms with Gasteiger partial charge >= 0.3 is 0 Å². The summed E-state index contributed by atoms with van der Waals surface area (Å²) in [6, 6.07) is 6.75. The Hall–Kier alpha value is -1.98. The summed E-state index contributed by atoms with van der Waals surface area (Å²) in [5.41, 5.74) is 0.534. The summed E-state index contributed by atoms with van der Waals surface area (Å²) in [6.45, 7) is 2.80. The van der Waals surface area contributed by atoms with Gasteiger partial charge < -0.3 is 10.2 Å². The van der Waals surface area contributed by atoms with E-state index in [4.69, 9.17) is 0 Å². The van der Waals surface area contributed by atoms with Gasteiger partial charge in [-0.15, -0.1) is 0 Å². The summed E-state index contributed by atoms with van der Waals surface area (Å²) in [6.07, 6.45) is -2.68. The molecule has 0 saturated carbocycles. The average Bonchev–Trinajstić information content (AvgIpc) is 2.43. The number of alkyl halides is 2. The van der Waals surface area contributed by atoms with Gasteiger partial charge in [0.2, 0.25) is 11.8 Å². The number of carbonyl (C=O) groups is 2. The Kier molecular flexibility index (Phi) is 4.55. The lowest BCUT2D eigenvalue weighted by Gasteiger charge is -2.40. The molecule has 6 heteroatoms. The van der Waals surface area contributed by atoms with Crippen LogP contribution in [0.4, 0.5) is 8.78 Å². The molecular weight excluding hydrogens is 278 g/mol. The first-order chi connectivity index (χ1) is 9.91. The number of nitrogens with zero attached hydrogens (tertiary/aromatic N) is 1. The molecule has 2 unspecified atom stereocenters. The van der Waals surface area contributed by atoms with Crippen LogP contribution in [0.15, 0.2) is 30.3 Å². The predicted octanol–water partition coefficient (Wildman–Crippen LogP) is 1.98. The third-order valence-electron chi connectivity index (χ3n) is 3.52. The number of piperazine rings is 1. The molecule has 21 heavy (non-hydrogen) atoms. The number of halogens is 2. The predicted molar refractivity (Wildman–Crippen MR) is 73.7 cm³/mol. The zero-order valence-corrected chi connectivity index (χ0v) is 11.9. The van der Waals surface area contributed by atoms with Crippen LogP contribution < -0.4 is 5.32 Å². The number of carbonyl (C=O) groups excluding carboxylic acids is 2. The molecule has 0 radical (unpaired) electrons. The molecule has 1 aliphatic rings. The minimum Gasteiger partial charge on any atom is -0.342 e. The monoisotopic (exact) mass is 296 g/mol. The Morgan fingerprint density at radius 3 is 2.33 bits per heavy atom. The molecule has 4 nitrogen and oxygen atoms in total. The quantitative estimate of drug-likeness (QED) is 0.923. The van der Waals surface area contributed by atoms with Crippen molar-refractivity contribution < 1.29 is 18.4 Å². The van der Waals surface area contributed by atoms with E-state index in [9.17, 15) is 18.4 Å². The molecule has 2 rings (SSSR count). The van der Waals surface area contributed by atoms with E-state index in [1.54, 1.807) is 44.2 Å². The second-order valence-electron chi connectivity index (χ2n) is 5.43. The Balaban J connectivity index is 2.37. The normalized spacial score (nSPS) is 22.9. The van der Waals surface area contributed by atoms with Crippen molar-refractivity contribution in [2.24, 2.45) is 5.92 Å². The van der Waals surface area contributed by atoms with Crippen LogP contribution in [0.25, 0.3) is 0 Å². The van der Waals surface area contributed by atoms with Crippen LogP contribution in [-0.4, -0.2) is 35.7 Å². The van der Waals surface area contributed by atoms with E-state index in [1.165, 1.54) is 0 Å². The maximum absolute atomic E-state index is 12.8. The topological polar surface area (TPSA) is 49.4 Å². The van der Waals surface area contributed by atoms with E-state index in [1.807, 2.05) is 0 Å². The van der Waals surface area contributed by atoms with Gasteiger partial charge in [0.25, 0.3) is 6.43 Å². The molecule has 1 aliphatic heterocycles. The second-order valence-corrected chi connectivity index (χ2v) is 5.43. The summed E-state index contributed by atoms with van der Waals surface area (Å²) >= 11 is 0. The second kappa shape index (κ2) is 6.20. The molecule has 1 fully saturated rings. The van der Waals surface area contributed by atoms with Crippen LogP contribution in [-0.2, 0) is 9.59 Å². The summed E-state index contributed by atoms with van der Waals surface area (Å²) < 4.78 is 25.6. The van der Waals surface area contributed by atoms with Crippen molar-refractivity contribution >= 4 is 11.8 Å². The SMILES string of the molecule is CC(C)C1NC(=O)C(c2ccccc2)N(CC(F)F)C1=O. The number of rotatable bonds is 4. The number of nitrogens with one attached hydrogen (secondary N) is 1. The first-order valence-electron chi connectivity index (χ1n) is 6.85. The number of hydrogen-bond donors (Lipinski definition) is 1. The lowest BCUT2D eigenvalue weighted by molar-refractivity contribution is -0.153. The molecule has 1 aromatic carbocycles. The molecule has 1 saturated heterocycles. The largest absolute Gasteiger partial charge is 0.342 e. The lowest BCUT2D eigenvalue weighted by atomic mass is 9.94. The molecule has 0 bridgehead atoms. The average molecular weight is 296 g/mol. The van der Waals surface area contributed by atoms with Crippen molar-refractivity contribution in [2.45, 2.75) is 32.4 Å². The highest BCUT2D eigenvalue weighted by molar-refractivity contribution is 5.97. The number of amides is 2. The summed E-state index contributed by atoms with van der Waals surface area (Å²) in [5.74, 6) is -1.03. The van der Waals surface area contributed by atoms with E-state index in [0.29, 0.717) is 5.56 Å². The number of hydrogen-bond acceptors (Lipinski definition) is 2. The molecule has 114 valence electrons. The van der Waals surface area contributed by atoms with Crippen molar-refractivity contribution in [3.63, 3.8) is 0 Å². The smallest absolute Gasteiger partial charge is 0.255 e. The van der Waals surface area contributed by atoms with Gasteiger partial charge in [-0.1, -0.05) is 44.2 Å². The standard InChI is InChI=1S/C15H18F2N2O2/c1-9(2)12-15(21)19(8-11(16)17)13(14(20)18-12)10-6-4-3-5-7-10/h3-7,9,11-13H,8H2,1-2H3,(H,18,20). The highest BCUT2D eigenvalue weighted by Crippen LogP contribution is 2.27. The van der Waals surface area contributed by atoms with Gasteiger partial charge in [0.15, 0.2) is 0 Å². The van der Waals surface area contributed by atoms with E-state index in [0.717, 1.165) is 4.90 Å². The van der Waals surface area contributed by atoms with Crippen LogP contribution in [0.5, 0.6) is 0 Å². The van der Waals surface area contributed by atoms with Crippen molar-refractivity contribution in [3.8, 4) is 0 Å². The third-order valence-corrected chi connectivity index (χ3v) is 3.52. The van der Waals surface area contributed by atoms with Crippen LogP contribution in [0.2, 0.25) is 0 Å². The highest BCUT2D eigenvalue weighted by atomic mass is 19.3. The van der Waals surface area contributed by atoms with Gasteiger partial charge in [-0.2, -0.15) is 0 Å². The maximum atomic E-state index is 12.8. The van der Waals surface area contributed by atoms with Gasteiger partial charge in [0.05, 0.1) is 6.54 Å². The van der Waals surface area contributed by atoms with Gasteiger partial charge in [0, 0.05) is 0 Å². The summed E-state index contributed by atoms with van der Waals surface area (Å²) in [4.78, 5) is 25.7. The fourth-order valence-electron chi connectivity index (χ4n) is 2.50. The molecule has 1 N–H and O–H groups in total. The Labute approximate surface area is 122 Å². The molecule has 2 atom stereocenters. The summed E-state index contributed by atoms with van der Waals surface area (Å²) in [5, 5.41) is 2.64. The Morgan fingerprint density at radius 1 is 1.19 bits per heavy atom. The highest BCUT2D eigenvalue weighted by Gasteiger charge is 2.43. The first-order valence-corrected chi connectivity index (χ1v) is 6.85. The van der Waals surface area contributed by atoms with Crippen molar-refractivity contribution in [2.75, 3.05) is 6.54 Å². The van der Waals surface area contributed by atoms with E-state index >= 15 is 0 Å². The maximum Gasteiger partial charge on any atom is 0.255 e. The van der Waals surface area contributed by atoms with Crippen LogP contribution in [0.1, 0.15) is 25.5 Å². The molecular formula is C15H18F2N2O2. The molecule has 0 aromatic heterocycles. The van der Waals surface area contributed by atoms with Crippen LogP contribution >= 0.6 is 0 Å². The van der Waals surface area contributed by atoms with Gasteiger partial charge in [0.1, 0.15) is 12.1 Å². The van der Waals surface area contributed by atoms with Gasteiger partial charge in [-0.25, -0.2) is 8.78 Å². The van der Waals surface area contributed by atoms with E-state index < -0.39 is 36.9 Å². The van der Waals surface area contributed by atoms with Crippen molar-refractivity contribution in [1.29, 1.82) is 0 Å². The molecule has 1 aromatic rings. The fourth-order valence-corrected chi connectivity index (χ4v) is 2.50. The van der Waals surface area contributed by atoms with Gasteiger partial charge in [-0.05, 0) is 11.5 Å². The zero-order valence-electron chi connectivity index (χ0n) is 11.9.